The summed E-state index contributed by atoms with van der Waals surface area (Å²) in [5.41, 5.74) is -6.70. The van der Waals surface area contributed by atoms with Gasteiger partial charge in [-0.15, -0.1) is 0 Å². The van der Waals surface area contributed by atoms with Crippen LogP contribution in [0.2, 0.25) is 0 Å². The largest absolute Gasteiger partial charge is 0.460 e. The van der Waals surface area contributed by atoms with Crippen LogP contribution in [0.4, 0.5) is 87.8 Å². The Kier molecular flexibility index (Phi) is 8.16. The zero-order chi connectivity index (χ0) is 30.9. The Morgan fingerprint density at radius 1 is 0.474 bits per heavy atom. The molecule has 38 heavy (non-hydrogen) atoms. The highest BCUT2D eigenvalue weighted by molar-refractivity contribution is 5.30. The molecule has 0 saturated heterocycles. The van der Waals surface area contributed by atoms with Crippen molar-refractivity contribution >= 4 is 0 Å². The van der Waals surface area contributed by atoms with Gasteiger partial charge in [-0.3, -0.25) is 0 Å². The van der Waals surface area contributed by atoms with Gasteiger partial charge in [-0.1, -0.05) is 0 Å². The third-order valence-corrected chi connectivity index (χ3v) is 5.14. The summed E-state index contributed by atoms with van der Waals surface area (Å²) in [6, 6.07) is 0. The van der Waals surface area contributed by atoms with E-state index in [4.69, 9.17) is 0 Å². The Labute approximate surface area is 196 Å². The summed E-state index contributed by atoms with van der Waals surface area (Å²) in [4.78, 5) is 0. The lowest BCUT2D eigenvalue weighted by Gasteiger charge is -2.43. The highest BCUT2D eigenvalue weighted by Gasteiger charge is 2.93. The number of alkyl halides is 15. The summed E-state index contributed by atoms with van der Waals surface area (Å²) in [7, 11) is -0.0168. The summed E-state index contributed by atoms with van der Waals surface area (Å²) in [6.07, 6.45) is -11.4. The van der Waals surface area contributed by atoms with Gasteiger partial charge >= 0.3 is 41.7 Å². The number of hydrogen-bond donors (Lipinski definition) is 0. The van der Waals surface area contributed by atoms with Crippen LogP contribution in [0, 0.1) is 29.1 Å². The fourth-order valence-electron chi connectivity index (χ4n) is 2.87. The molecule has 1 aromatic rings. The summed E-state index contributed by atoms with van der Waals surface area (Å²) in [5, 5.41) is 0. The van der Waals surface area contributed by atoms with Crippen molar-refractivity contribution in [2.45, 2.75) is 60.7 Å². The number of ether oxygens (including phenoxy) is 1. The molecule has 0 bridgehead atoms. The zero-order valence-electron chi connectivity index (χ0n) is 17.7. The van der Waals surface area contributed by atoms with Crippen LogP contribution in [-0.4, -0.2) is 48.8 Å². The lowest BCUT2D eigenvalue weighted by Crippen LogP contribution is -2.72. The molecule has 0 amide bonds. The minimum atomic E-state index is -8.64. The molecule has 1 rings (SSSR count). The van der Waals surface area contributed by atoms with Crippen molar-refractivity contribution in [2.75, 3.05) is 7.11 Å². The van der Waals surface area contributed by atoms with Gasteiger partial charge in [0.1, 0.15) is 5.60 Å². The Morgan fingerprint density at radius 2 is 0.763 bits per heavy atom. The van der Waals surface area contributed by atoms with Crippen molar-refractivity contribution in [3.05, 3.63) is 34.6 Å². The van der Waals surface area contributed by atoms with Crippen LogP contribution in [0.25, 0.3) is 0 Å². The average Bonchev–Trinajstić information content (AvgIpc) is 2.74. The molecular formula is C17H8F20O. The first-order valence-electron chi connectivity index (χ1n) is 8.85. The second-order valence-corrected chi connectivity index (χ2v) is 7.63. The van der Waals surface area contributed by atoms with Crippen LogP contribution in [-0.2, 0) is 10.3 Å². The third kappa shape index (κ3) is 4.40. The Balaban J connectivity index is 3.80. The van der Waals surface area contributed by atoms with Gasteiger partial charge in [0.15, 0.2) is 23.3 Å². The molecule has 0 aromatic heterocycles. The second-order valence-electron chi connectivity index (χ2n) is 7.63. The van der Waals surface area contributed by atoms with Crippen molar-refractivity contribution in [1.82, 2.24) is 0 Å². The van der Waals surface area contributed by atoms with Gasteiger partial charge in [0.2, 0.25) is 5.82 Å². The standard InChI is InChI=1S/C17H8F20O/c1-10(38-2,4-5(18)7(20)9(22)8(21)6(4)19)3-11(23,24)12(25,26)13(27,28)14(29,30)15(31,32)16(33,34)17(35,36)37/h3H2,1-2H3. The van der Waals surface area contributed by atoms with E-state index < -0.39 is 88.4 Å². The first-order valence-corrected chi connectivity index (χ1v) is 8.85. The quantitative estimate of drug-likeness (QED) is 0.157. The van der Waals surface area contributed by atoms with Crippen LogP contribution in [0.15, 0.2) is 0 Å². The van der Waals surface area contributed by atoms with E-state index in [9.17, 15) is 87.8 Å². The number of methoxy groups -OCH3 is 1. The maximum Gasteiger partial charge on any atom is 0.460 e. The zero-order valence-corrected chi connectivity index (χ0v) is 17.7. The molecule has 0 radical (unpaired) electrons. The van der Waals surface area contributed by atoms with Crippen LogP contribution < -0.4 is 0 Å². The molecule has 0 fully saturated rings. The van der Waals surface area contributed by atoms with E-state index >= 15 is 0 Å². The van der Waals surface area contributed by atoms with Crippen molar-refractivity contribution in [3.8, 4) is 0 Å². The summed E-state index contributed by atoms with van der Waals surface area (Å²) >= 11 is 0. The number of benzene rings is 1. The number of rotatable bonds is 9. The third-order valence-electron chi connectivity index (χ3n) is 5.14. The van der Waals surface area contributed by atoms with E-state index in [1.807, 2.05) is 0 Å². The van der Waals surface area contributed by atoms with Gasteiger partial charge in [0.25, 0.3) is 0 Å². The van der Waals surface area contributed by atoms with E-state index in [2.05, 4.69) is 4.74 Å². The monoisotopic (exact) mass is 608 g/mol. The molecule has 0 aliphatic carbocycles. The Hall–Kier alpha value is -2.22. The van der Waals surface area contributed by atoms with Crippen LogP contribution >= 0.6 is 0 Å². The van der Waals surface area contributed by atoms with Gasteiger partial charge in [-0.05, 0) is 6.92 Å². The first-order chi connectivity index (χ1) is 16.4. The van der Waals surface area contributed by atoms with Crippen molar-refractivity contribution in [3.63, 3.8) is 0 Å². The molecule has 1 unspecified atom stereocenters. The smallest absolute Gasteiger partial charge is 0.373 e. The van der Waals surface area contributed by atoms with E-state index in [-0.39, 0.29) is 14.0 Å². The van der Waals surface area contributed by atoms with Crippen molar-refractivity contribution in [2.24, 2.45) is 0 Å². The lowest BCUT2D eigenvalue weighted by molar-refractivity contribution is -0.453. The van der Waals surface area contributed by atoms with E-state index in [0.717, 1.165) is 0 Å². The van der Waals surface area contributed by atoms with Gasteiger partial charge in [0, 0.05) is 7.11 Å². The van der Waals surface area contributed by atoms with Gasteiger partial charge in [-0.25, -0.2) is 22.0 Å². The molecule has 0 saturated carbocycles. The van der Waals surface area contributed by atoms with Gasteiger partial charge < -0.3 is 4.74 Å². The molecular weight excluding hydrogens is 600 g/mol. The minimum Gasteiger partial charge on any atom is -0.373 e. The molecule has 222 valence electrons. The fourth-order valence-corrected chi connectivity index (χ4v) is 2.87. The highest BCUT2D eigenvalue weighted by atomic mass is 19.4. The van der Waals surface area contributed by atoms with E-state index in [1.165, 1.54) is 0 Å². The molecule has 0 spiro atoms. The molecule has 0 N–H and O–H groups in total. The van der Waals surface area contributed by atoms with E-state index in [1.54, 1.807) is 0 Å². The molecule has 1 aromatic carbocycles. The van der Waals surface area contributed by atoms with Crippen LogP contribution in [0.5, 0.6) is 0 Å². The molecule has 1 nitrogen and oxygen atoms in total. The molecule has 1 atom stereocenters. The number of halogens is 20. The van der Waals surface area contributed by atoms with Crippen molar-refractivity contribution in [1.29, 1.82) is 0 Å². The normalized spacial score (nSPS) is 16.6. The molecule has 0 aliphatic heterocycles. The summed E-state index contributed by atoms with van der Waals surface area (Å²) < 4.78 is 272. The molecule has 0 aliphatic rings. The minimum absolute atomic E-state index is 0.0168. The molecule has 21 heteroatoms. The maximum absolute atomic E-state index is 14.3. The average molecular weight is 608 g/mol. The van der Waals surface area contributed by atoms with Gasteiger partial charge in [-0.2, -0.15) is 65.9 Å². The van der Waals surface area contributed by atoms with Crippen LogP contribution in [0.1, 0.15) is 18.9 Å². The Bertz CT molecular complexity index is 1030. The topological polar surface area (TPSA) is 9.23 Å². The van der Waals surface area contributed by atoms with Crippen LogP contribution in [0.3, 0.4) is 0 Å². The summed E-state index contributed by atoms with van der Waals surface area (Å²) in [5.74, 6) is -64.2. The van der Waals surface area contributed by atoms with E-state index in [0.29, 0.717) is 0 Å². The lowest BCUT2D eigenvalue weighted by atomic mass is 9.83. The summed E-state index contributed by atoms with van der Waals surface area (Å²) in [6.45, 7) is -0.266. The number of hydrogen-bond acceptors (Lipinski definition) is 1. The predicted molar refractivity (Wildman–Crippen MR) is 80.9 cm³/mol. The maximum atomic E-state index is 14.3. The van der Waals surface area contributed by atoms with Gasteiger partial charge in [0.05, 0.1) is 12.0 Å². The molecule has 0 heterocycles. The predicted octanol–water partition coefficient (Wildman–Crippen LogP) is 8.01. The fraction of sp³-hybridized carbons (Fsp3) is 0.647. The van der Waals surface area contributed by atoms with Crippen molar-refractivity contribution < 1.29 is 92.5 Å². The Morgan fingerprint density at radius 3 is 1.08 bits per heavy atom. The second kappa shape index (κ2) is 9.17. The first kappa shape index (κ1) is 33.8. The SMILES string of the molecule is COC(C)(CC(F)(F)C(F)(F)C(F)(F)C(F)(F)C(F)(F)C(F)(F)C(F)(F)F)c1c(F)c(F)c(F)c(F)c1F. The highest BCUT2D eigenvalue weighted by Crippen LogP contribution is 2.63.